The van der Waals surface area contributed by atoms with Crippen molar-refractivity contribution in [3.8, 4) is 0 Å². The Morgan fingerprint density at radius 3 is 2.75 bits per heavy atom. The molecule has 1 amide bonds. The normalized spacial score (nSPS) is 15.4. The molecule has 1 N–H and O–H groups in total. The molecule has 0 aliphatic carbocycles. The van der Waals surface area contributed by atoms with Gasteiger partial charge in [0.2, 0.25) is 5.91 Å². The molecule has 1 aromatic rings. The maximum absolute atomic E-state index is 11.2. The number of rotatable bonds is 1. The predicted molar refractivity (Wildman–Crippen MR) is 55.1 cm³/mol. The van der Waals surface area contributed by atoms with Gasteiger partial charge in [-0.3, -0.25) is 4.79 Å². The highest BCUT2D eigenvalue weighted by atomic mass is 16.4. The quantitative estimate of drug-likeness (QED) is 0.726. The van der Waals surface area contributed by atoms with Crippen LogP contribution in [0, 0.1) is 0 Å². The summed E-state index contributed by atoms with van der Waals surface area (Å²) in [4.78, 5) is 27.7. The van der Waals surface area contributed by atoms with Gasteiger partial charge >= 0.3 is 5.97 Å². The van der Waals surface area contributed by atoms with Gasteiger partial charge in [0.05, 0.1) is 12.0 Å². The molecule has 1 aromatic heterocycles. The topological polar surface area (TPSA) is 75.4 Å². The highest BCUT2D eigenvalue weighted by molar-refractivity contribution is 5.86. The minimum Gasteiger partial charge on any atom is -0.476 e. The highest BCUT2D eigenvalue weighted by Crippen LogP contribution is 2.13. The van der Waals surface area contributed by atoms with Crippen molar-refractivity contribution in [2.45, 2.75) is 19.9 Å². The number of fused-ring (bicyclic) bond motifs is 1. The molecule has 0 unspecified atom stereocenters. The largest absolute Gasteiger partial charge is 0.476 e. The summed E-state index contributed by atoms with van der Waals surface area (Å²) in [5, 5.41) is 8.94. The van der Waals surface area contributed by atoms with Crippen LogP contribution in [0.1, 0.15) is 23.1 Å². The molecule has 0 bridgehead atoms. The molecule has 0 saturated heterocycles. The number of aromatic nitrogens is 2. The zero-order valence-corrected chi connectivity index (χ0v) is 9.01. The maximum atomic E-state index is 11.2. The first-order valence-corrected chi connectivity index (χ1v) is 5.12. The third kappa shape index (κ3) is 1.78. The van der Waals surface area contributed by atoms with E-state index in [0.29, 0.717) is 31.7 Å². The lowest BCUT2D eigenvalue weighted by Gasteiger charge is -2.17. The van der Waals surface area contributed by atoms with E-state index in [9.17, 15) is 9.59 Å². The standard InChI is InChI=1S/C10H13N3O3/c1-7(14)12-3-2-8-9(10(15)16)11-6-13(8)5-4-12/h6H,2-5H2,1H3,(H,15,16). The average molecular weight is 223 g/mol. The number of hydrogen-bond acceptors (Lipinski definition) is 3. The monoisotopic (exact) mass is 223 g/mol. The summed E-state index contributed by atoms with van der Waals surface area (Å²) < 4.78 is 1.81. The van der Waals surface area contributed by atoms with Gasteiger partial charge in [-0.05, 0) is 0 Å². The molecular formula is C10H13N3O3. The van der Waals surface area contributed by atoms with E-state index in [1.54, 1.807) is 4.90 Å². The van der Waals surface area contributed by atoms with Gasteiger partial charge in [0, 0.05) is 33.0 Å². The van der Waals surface area contributed by atoms with E-state index in [4.69, 9.17) is 5.11 Å². The van der Waals surface area contributed by atoms with Crippen LogP contribution in [0.5, 0.6) is 0 Å². The fraction of sp³-hybridized carbons (Fsp3) is 0.500. The van der Waals surface area contributed by atoms with Crippen molar-refractivity contribution in [3.63, 3.8) is 0 Å². The smallest absolute Gasteiger partial charge is 0.356 e. The number of hydrogen-bond donors (Lipinski definition) is 1. The molecule has 16 heavy (non-hydrogen) atoms. The van der Waals surface area contributed by atoms with Crippen molar-refractivity contribution < 1.29 is 14.7 Å². The fourth-order valence-corrected chi connectivity index (χ4v) is 1.94. The zero-order valence-electron chi connectivity index (χ0n) is 9.01. The average Bonchev–Trinajstić information content (AvgIpc) is 2.50. The Balaban J connectivity index is 2.25. The van der Waals surface area contributed by atoms with E-state index >= 15 is 0 Å². The Bertz CT molecular complexity index is 439. The van der Waals surface area contributed by atoms with Gasteiger partial charge < -0.3 is 14.6 Å². The molecule has 86 valence electrons. The van der Waals surface area contributed by atoms with Crippen molar-refractivity contribution in [2.75, 3.05) is 13.1 Å². The Kier molecular flexibility index (Phi) is 2.64. The van der Waals surface area contributed by atoms with E-state index in [1.165, 1.54) is 13.3 Å². The summed E-state index contributed by atoms with van der Waals surface area (Å²) in [5.74, 6) is -0.986. The van der Waals surface area contributed by atoms with Gasteiger partial charge in [0.25, 0.3) is 0 Å². The molecule has 1 aliphatic rings. The van der Waals surface area contributed by atoms with Gasteiger partial charge in [-0.25, -0.2) is 9.78 Å². The van der Waals surface area contributed by atoms with Gasteiger partial charge in [-0.15, -0.1) is 0 Å². The fourth-order valence-electron chi connectivity index (χ4n) is 1.94. The van der Waals surface area contributed by atoms with E-state index in [0.717, 1.165) is 0 Å². The Labute approximate surface area is 92.5 Å². The molecule has 0 saturated carbocycles. The Morgan fingerprint density at radius 1 is 1.38 bits per heavy atom. The number of carbonyl (C=O) groups is 2. The molecule has 2 heterocycles. The van der Waals surface area contributed by atoms with Crippen LogP contribution < -0.4 is 0 Å². The summed E-state index contributed by atoms with van der Waals surface area (Å²) in [6.45, 7) is 3.30. The van der Waals surface area contributed by atoms with Crippen LogP contribution in [0.2, 0.25) is 0 Å². The molecule has 6 heteroatoms. The Morgan fingerprint density at radius 2 is 2.12 bits per heavy atom. The lowest BCUT2D eigenvalue weighted by atomic mass is 10.2. The first-order valence-electron chi connectivity index (χ1n) is 5.12. The van der Waals surface area contributed by atoms with Crippen LogP contribution in [0.15, 0.2) is 6.33 Å². The van der Waals surface area contributed by atoms with Gasteiger partial charge in [0.15, 0.2) is 5.69 Å². The first-order chi connectivity index (χ1) is 7.59. The molecule has 2 rings (SSSR count). The van der Waals surface area contributed by atoms with E-state index in [1.807, 2.05) is 4.57 Å². The molecule has 1 aliphatic heterocycles. The second-order valence-electron chi connectivity index (χ2n) is 3.79. The number of carboxylic acids is 1. The third-order valence-corrected chi connectivity index (χ3v) is 2.82. The lowest BCUT2D eigenvalue weighted by Crippen LogP contribution is -2.31. The lowest BCUT2D eigenvalue weighted by molar-refractivity contribution is -0.128. The van der Waals surface area contributed by atoms with Crippen LogP contribution >= 0.6 is 0 Å². The van der Waals surface area contributed by atoms with Crippen LogP contribution in [0.25, 0.3) is 0 Å². The predicted octanol–water partition coefficient (Wildman–Crippen LogP) is -0.0141. The van der Waals surface area contributed by atoms with Crippen molar-refractivity contribution >= 4 is 11.9 Å². The third-order valence-electron chi connectivity index (χ3n) is 2.82. The number of nitrogens with zero attached hydrogens (tertiary/aromatic N) is 3. The van der Waals surface area contributed by atoms with Gasteiger partial charge in [0.1, 0.15) is 0 Å². The molecule has 0 spiro atoms. The number of carbonyl (C=O) groups excluding carboxylic acids is 1. The number of carboxylic acid groups (broad SMARTS) is 1. The summed E-state index contributed by atoms with van der Waals surface area (Å²) >= 11 is 0. The summed E-state index contributed by atoms with van der Waals surface area (Å²) in [6.07, 6.45) is 2.07. The van der Waals surface area contributed by atoms with Gasteiger partial charge in [-0.1, -0.05) is 0 Å². The number of imidazole rings is 1. The first kappa shape index (κ1) is 10.7. The van der Waals surface area contributed by atoms with E-state index in [-0.39, 0.29) is 11.6 Å². The summed E-state index contributed by atoms with van der Waals surface area (Å²) in [5.41, 5.74) is 0.807. The second kappa shape index (κ2) is 3.96. The van der Waals surface area contributed by atoms with Crippen molar-refractivity contribution in [3.05, 3.63) is 17.7 Å². The zero-order chi connectivity index (χ0) is 11.7. The van der Waals surface area contributed by atoms with Crippen molar-refractivity contribution in [2.24, 2.45) is 0 Å². The maximum Gasteiger partial charge on any atom is 0.356 e. The summed E-state index contributed by atoms with van der Waals surface area (Å²) in [7, 11) is 0. The molecule has 6 nitrogen and oxygen atoms in total. The molecular weight excluding hydrogens is 210 g/mol. The minimum atomic E-state index is -1.01. The number of aromatic carboxylic acids is 1. The highest BCUT2D eigenvalue weighted by Gasteiger charge is 2.21. The minimum absolute atomic E-state index is 0.0237. The molecule has 0 radical (unpaired) electrons. The van der Waals surface area contributed by atoms with E-state index in [2.05, 4.69) is 4.98 Å². The van der Waals surface area contributed by atoms with Crippen molar-refractivity contribution in [1.29, 1.82) is 0 Å². The van der Waals surface area contributed by atoms with Crippen LogP contribution in [0.3, 0.4) is 0 Å². The molecule has 0 atom stereocenters. The van der Waals surface area contributed by atoms with Gasteiger partial charge in [-0.2, -0.15) is 0 Å². The van der Waals surface area contributed by atoms with Crippen LogP contribution in [0.4, 0.5) is 0 Å². The summed E-state index contributed by atoms with van der Waals surface area (Å²) in [6, 6.07) is 0. The molecule has 0 fully saturated rings. The SMILES string of the molecule is CC(=O)N1CCc2c(C(=O)O)ncn2CC1. The Hall–Kier alpha value is -1.85. The van der Waals surface area contributed by atoms with E-state index < -0.39 is 5.97 Å². The second-order valence-corrected chi connectivity index (χ2v) is 3.79. The molecule has 0 aromatic carbocycles. The van der Waals surface area contributed by atoms with Crippen molar-refractivity contribution in [1.82, 2.24) is 14.5 Å². The van der Waals surface area contributed by atoms with Crippen LogP contribution in [-0.4, -0.2) is 44.5 Å². The van der Waals surface area contributed by atoms with Crippen LogP contribution in [-0.2, 0) is 17.8 Å². The number of amides is 1.